The fourth-order valence-corrected chi connectivity index (χ4v) is 3.29. The van der Waals surface area contributed by atoms with Crippen LogP contribution in [0.25, 0.3) is 10.9 Å². The van der Waals surface area contributed by atoms with E-state index in [0.717, 1.165) is 0 Å². The number of hydrogen-bond donors (Lipinski definition) is 2. The Kier molecular flexibility index (Phi) is 7.55. The van der Waals surface area contributed by atoms with Gasteiger partial charge in [0, 0.05) is 16.7 Å². The van der Waals surface area contributed by atoms with Crippen LogP contribution in [0.2, 0.25) is 5.02 Å². The Labute approximate surface area is 195 Å². The van der Waals surface area contributed by atoms with Gasteiger partial charge in [0.2, 0.25) is 0 Å². The lowest BCUT2D eigenvalue weighted by Crippen LogP contribution is -2.45. The molecule has 3 rings (SSSR count). The molecule has 0 aliphatic carbocycles. The second-order valence-corrected chi connectivity index (χ2v) is 8.01. The molecule has 0 aliphatic heterocycles. The van der Waals surface area contributed by atoms with E-state index in [1.54, 1.807) is 38.1 Å². The zero-order valence-electron chi connectivity index (χ0n) is 18.6. The van der Waals surface area contributed by atoms with E-state index in [9.17, 15) is 14.4 Å². The molecule has 0 saturated heterocycles. The molecular formula is C23H24ClN3O6. The Hall–Kier alpha value is -3.59. The van der Waals surface area contributed by atoms with Crippen molar-refractivity contribution in [3.8, 4) is 11.5 Å². The number of hydrogen-bond acceptors (Lipinski definition) is 7. The summed E-state index contributed by atoms with van der Waals surface area (Å²) in [5.74, 6) is -0.383. The van der Waals surface area contributed by atoms with E-state index >= 15 is 0 Å². The first-order chi connectivity index (χ1) is 15.7. The summed E-state index contributed by atoms with van der Waals surface area (Å²) in [6.07, 6.45) is 0. The molecule has 0 spiro atoms. The van der Waals surface area contributed by atoms with E-state index in [-0.39, 0.29) is 29.5 Å². The molecule has 174 valence electrons. The van der Waals surface area contributed by atoms with Gasteiger partial charge in [-0.15, -0.1) is 0 Å². The number of nitrogens with one attached hydrogen (secondary N) is 2. The second-order valence-electron chi connectivity index (χ2n) is 7.58. The van der Waals surface area contributed by atoms with Crippen LogP contribution in [0, 0.1) is 5.92 Å². The quantitative estimate of drug-likeness (QED) is 0.482. The highest BCUT2D eigenvalue weighted by atomic mass is 35.5. The van der Waals surface area contributed by atoms with E-state index in [0.29, 0.717) is 27.4 Å². The average Bonchev–Trinajstić information content (AvgIpc) is 2.79. The molecule has 33 heavy (non-hydrogen) atoms. The number of rotatable bonds is 8. The summed E-state index contributed by atoms with van der Waals surface area (Å²) in [7, 11) is 2.95. The molecule has 2 N–H and O–H groups in total. The van der Waals surface area contributed by atoms with Gasteiger partial charge in [-0.1, -0.05) is 25.4 Å². The highest BCUT2D eigenvalue weighted by Gasteiger charge is 2.27. The fraction of sp³-hybridized carbons (Fsp3) is 0.304. The van der Waals surface area contributed by atoms with Crippen LogP contribution in [0.5, 0.6) is 11.5 Å². The fourth-order valence-electron chi connectivity index (χ4n) is 3.12. The first-order valence-electron chi connectivity index (χ1n) is 10.1. The number of esters is 1. The number of carbonyl (C=O) groups excluding carboxylic acids is 2. The van der Waals surface area contributed by atoms with Crippen molar-refractivity contribution in [2.45, 2.75) is 26.5 Å². The smallest absolute Gasteiger partial charge is 0.329 e. The van der Waals surface area contributed by atoms with Crippen LogP contribution in [0.1, 0.15) is 30.0 Å². The highest BCUT2D eigenvalue weighted by Crippen LogP contribution is 2.23. The molecule has 3 aromatic rings. The molecule has 9 nitrogen and oxygen atoms in total. The van der Waals surface area contributed by atoms with Crippen LogP contribution in [-0.4, -0.2) is 42.1 Å². The summed E-state index contributed by atoms with van der Waals surface area (Å²) in [5.41, 5.74) is 0.281. The number of H-pyrrole nitrogens is 1. The zero-order valence-corrected chi connectivity index (χ0v) is 19.4. The Morgan fingerprint density at radius 2 is 1.76 bits per heavy atom. The molecule has 0 aliphatic rings. The Balaban J connectivity index is 1.74. The molecule has 0 fully saturated rings. The van der Waals surface area contributed by atoms with Crippen LogP contribution in [-0.2, 0) is 16.1 Å². The number of halogens is 1. The summed E-state index contributed by atoms with van der Waals surface area (Å²) < 4.78 is 15.7. The van der Waals surface area contributed by atoms with Gasteiger partial charge < -0.3 is 24.5 Å². The van der Waals surface area contributed by atoms with Gasteiger partial charge in [-0.2, -0.15) is 0 Å². The summed E-state index contributed by atoms with van der Waals surface area (Å²) in [5, 5.41) is 3.49. The standard InChI is InChI=1S/C23H24ClN3O6/c1-12(2)20(27-21(28)13-7-15(31-3)10-16(8-13)32-4)23(30)33-11-19-25-18-9-14(24)5-6-17(18)22(29)26-19/h5-10,12,20H,11H2,1-4H3,(H,27,28)(H,25,26,29)/t20-/m0/s1. The second kappa shape index (κ2) is 10.4. The lowest BCUT2D eigenvalue weighted by atomic mass is 10.0. The minimum atomic E-state index is -0.934. The molecule has 0 unspecified atom stereocenters. The molecule has 1 amide bonds. The van der Waals surface area contributed by atoms with E-state index < -0.39 is 17.9 Å². The van der Waals surface area contributed by atoms with Crippen molar-refractivity contribution in [1.82, 2.24) is 15.3 Å². The largest absolute Gasteiger partial charge is 0.497 e. The number of methoxy groups -OCH3 is 2. The van der Waals surface area contributed by atoms with E-state index in [1.807, 2.05) is 0 Å². The molecule has 0 bridgehead atoms. The number of ether oxygens (including phenoxy) is 3. The number of fused-ring (bicyclic) bond motifs is 1. The third-order valence-corrected chi connectivity index (χ3v) is 5.12. The van der Waals surface area contributed by atoms with Gasteiger partial charge in [-0.3, -0.25) is 9.59 Å². The third kappa shape index (κ3) is 5.81. The minimum Gasteiger partial charge on any atom is -0.497 e. The monoisotopic (exact) mass is 473 g/mol. The SMILES string of the molecule is COc1cc(OC)cc(C(=O)N[C@H](C(=O)OCc2nc3cc(Cl)ccc3c(=O)[nH]2)C(C)C)c1. The van der Waals surface area contributed by atoms with E-state index in [1.165, 1.54) is 26.4 Å². The number of amides is 1. The molecule has 1 atom stereocenters. The molecule has 1 heterocycles. The van der Waals surface area contributed by atoms with Crippen molar-refractivity contribution in [2.24, 2.45) is 5.92 Å². The first kappa shape index (κ1) is 24.1. The highest BCUT2D eigenvalue weighted by molar-refractivity contribution is 6.31. The minimum absolute atomic E-state index is 0.162. The van der Waals surface area contributed by atoms with Gasteiger partial charge in [0.1, 0.15) is 30.0 Å². The molecular weight excluding hydrogens is 450 g/mol. The predicted octanol–water partition coefficient (Wildman–Crippen LogP) is 3.09. The van der Waals surface area contributed by atoms with Crippen molar-refractivity contribution < 1.29 is 23.8 Å². The molecule has 1 aromatic heterocycles. The number of aromatic amines is 1. The molecule has 0 saturated carbocycles. The topological polar surface area (TPSA) is 120 Å². The van der Waals surface area contributed by atoms with Crippen molar-refractivity contribution >= 4 is 34.4 Å². The van der Waals surface area contributed by atoms with Crippen LogP contribution < -0.4 is 20.3 Å². The zero-order chi connectivity index (χ0) is 24.1. The van der Waals surface area contributed by atoms with Crippen molar-refractivity contribution in [3.05, 3.63) is 63.2 Å². The van der Waals surface area contributed by atoms with E-state index in [2.05, 4.69) is 15.3 Å². The van der Waals surface area contributed by atoms with Gasteiger partial charge in [0.25, 0.3) is 11.5 Å². The van der Waals surface area contributed by atoms with Crippen LogP contribution >= 0.6 is 11.6 Å². The molecule has 0 radical (unpaired) electrons. The Morgan fingerprint density at radius 3 is 2.36 bits per heavy atom. The summed E-state index contributed by atoms with van der Waals surface area (Å²) >= 11 is 5.97. The predicted molar refractivity (Wildman–Crippen MR) is 123 cm³/mol. The number of aromatic nitrogens is 2. The lowest BCUT2D eigenvalue weighted by molar-refractivity contribution is -0.148. The summed E-state index contributed by atoms with van der Waals surface area (Å²) in [6.45, 7) is 3.27. The maximum absolute atomic E-state index is 12.8. The molecule has 2 aromatic carbocycles. The van der Waals surface area contributed by atoms with Gasteiger partial charge in [0.15, 0.2) is 0 Å². The normalized spacial score (nSPS) is 11.8. The van der Waals surface area contributed by atoms with Crippen molar-refractivity contribution in [1.29, 1.82) is 0 Å². The third-order valence-electron chi connectivity index (χ3n) is 4.89. The van der Waals surface area contributed by atoms with Crippen LogP contribution in [0.4, 0.5) is 0 Å². The van der Waals surface area contributed by atoms with Gasteiger partial charge >= 0.3 is 5.97 Å². The Morgan fingerprint density at radius 1 is 1.09 bits per heavy atom. The van der Waals surface area contributed by atoms with Gasteiger partial charge in [0.05, 0.1) is 25.1 Å². The van der Waals surface area contributed by atoms with Gasteiger partial charge in [-0.05, 0) is 36.2 Å². The molecule has 10 heteroatoms. The maximum Gasteiger partial charge on any atom is 0.329 e. The number of carbonyl (C=O) groups is 2. The number of nitrogens with zero attached hydrogens (tertiary/aromatic N) is 1. The van der Waals surface area contributed by atoms with Crippen molar-refractivity contribution in [2.75, 3.05) is 14.2 Å². The maximum atomic E-state index is 12.8. The first-order valence-corrected chi connectivity index (χ1v) is 10.5. The van der Waals surface area contributed by atoms with Crippen LogP contribution in [0.3, 0.4) is 0 Å². The number of benzene rings is 2. The van der Waals surface area contributed by atoms with E-state index in [4.69, 9.17) is 25.8 Å². The van der Waals surface area contributed by atoms with Crippen molar-refractivity contribution in [3.63, 3.8) is 0 Å². The average molecular weight is 474 g/mol. The Bertz CT molecular complexity index is 1220. The van der Waals surface area contributed by atoms with Crippen LogP contribution in [0.15, 0.2) is 41.2 Å². The summed E-state index contributed by atoms with van der Waals surface area (Å²) in [4.78, 5) is 44.7. The van der Waals surface area contributed by atoms with Gasteiger partial charge in [-0.25, -0.2) is 9.78 Å². The summed E-state index contributed by atoms with van der Waals surface area (Å²) in [6, 6.07) is 8.49. The lowest BCUT2D eigenvalue weighted by Gasteiger charge is -2.21.